The van der Waals surface area contributed by atoms with Crippen molar-refractivity contribution in [2.45, 2.75) is 38.5 Å². The third kappa shape index (κ3) is 5.50. The highest BCUT2D eigenvalue weighted by molar-refractivity contribution is 9.10. The van der Waals surface area contributed by atoms with Crippen molar-refractivity contribution in [1.29, 1.82) is 0 Å². The maximum absolute atomic E-state index is 11.9. The molecule has 1 N–H and O–H groups in total. The Balaban J connectivity index is 2.53. The van der Waals surface area contributed by atoms with Crippen molar-refractivity contribution in [2.75, 3.05) is 6.54 Å². The van der Waals surface area contributed by atoms with Crippen LogP contribution >= 0.6 is 15.9 Å². The third-order valence-electron chi connectivity index (χ3n) is 2.52. The number of hydrogen-bond acceptors (Lipinski definition) is 2. The molecule has 1 aromatic carbocycles. The quantitative estimate of drug-likeness (QED) is 0.837. The van der Waals surface area contributed by atoms with Gasteiger partial charge in [-0.25, -0.2) is 13.1 Å². The molecular formula is C13H20BrNO2S. The summed E-state index contributed by atoms with van der Waals surface area (Å²) in [6, 6.07) is 6.64. The molecule has 0 heterocycles. The van der Waals surface area contributed by atoms with Gasteiger partial charge in [0.1, 0.15) is 0 Å². The molecule has 0 aliphatic heterocycles. The Hall–Kier alpha value is -0.390. The zero-order valence-electron chi connectivity index (χ0n) is 11.0. The highest BCUT2D eigenvalue weighted by Crippen LogP contribution is 2.20. The predicted molar refractivity (Wildman–Crippen MR) is 78.0 cm³/mol. The van der Waals surface area contributed by atoms with Crippen molar-refractivity contribution in [3.05, 3.63) is 28.7 Å². The second-order valence-electron chi connectivity index (χ2n) is 5.52. The average Bonchev–Trinajstić information content (AvgIpc) is 2.24. The summed E-state index contributed by atoms with van der Waals surface area (Å²) >= 11 is 3.28. The highest BCUT2D eigenvalue weighted by atomic mass is 79.9. The third-order valence-corrected chi connectivity index (χ3v) is 4.53. The first-order valence-electron chi connectivity index (χ1n) is 5.96. The summed E-state index contributed by atoms with van der Waals surface area (Å²) in [4.78, 5) is 0.307. The second-order valence-corrected chi connectivity index (χ2v) is 8.20. The first-order chi connectivity index (χ1) is 8.21. The van der Waals surface area contributed by atoms with E-state index in [2.05, 4.69) is 41.4 Å². The molecule has 1 aromatic rings. The molecule has 0 radical (unpaired) electrons. The van der Waals surface area contributed by atoms with Gasteiger partial charge in [0.2, 0.25) is 10.0 Å². The monoisotopic (exact) mass is 333 g/mol. The Morgan fingerprint density at radius 1 is 1.17 bits per heavy atom. The van der Waals surface area contributed by atoms with Gasteiger partial charge in [0.05, 0.1) is 4.90 Å². The molecule has 1 rings (SSSR count). The van der Waals surface area contributed by atoms with Crippen molar-refractivity contribution < 1.29 is 8.42 Å². The molecule has 0 saturated heterocycles. The maximum atomic E-state index is 11.9. The topological polar surface area (TPSA) is 46.2 Å². The van der Waals surface area contributed by atoms with Crippen molar-refractivity contribution in [1.82, 2.24) is 4.72 Å². The van der Waals surface area contributed by atoms with Crippen LogP contribution < -0.4 is 4.72 Å². The van der Waals surface area contributed by atoms with Crippen molar-refractivity contribution in [3.63, 3.8) is 0 Å². The molecule has 0 aromatic heterocycles. The molecule has 0 bridgehead atoms. The summed E-state index contributed by atoms with van der Waals surface area (Å²) in [6.07, 6.45) is 1.84. The number of benzene rings is 1. The van der Waals surface area contributed by atoms with Crippen LogP contribution in [0.25, 0.3) is 0 Å². The van der Waals surface area contributed by atoms with Gasteiger partial charge in [0, 0.05) is 11.0 Å². The van der Waals surface area contributed by atoms with Gasteiger partial charge in [-0.15, -0.1) is 0 Å². The number of hydrogen-bond donors (Lipinski definition) is 1. The summed E-state index contributed by atoms with van der Waals surface area (Å²) < 4.78 is 27.4. The number of sulfonamides is 1. The van der Waals surface area contributed by atoms with Crippen LogP contribution in [0.4, 0.5) is 0 Å². The lowest BCUT2D eigenvalue weighted by Gasteiger charge is -2.17. The van der Waals surface area contributed by atoms with E-state index in [4.69, 9.17) is 0 Å². The van der Waals surface area contributed by atoms with Gasteiger partial charge in [-0.2, -0.15) is 0 Å². The predicted octanol–water partition coefficient (Wildman–Crippen LogP) is 3.55. The smallest absolute Gasteiger partial charge is 0.211 e. The van der Waals surface area contributed by atoms with Crippen LogP contribution in [-0.2, 0) is 10.0 Å². The van der Waals surface area contributed by atoms with Gasteiger partial charge in [-0.1, -0.05) is 36.7 Å². The molecule has 0 saturated carbocycles. The molecule has 3 nitrogen and oxygen atoms in total. The first kappa shape index (κ1) is 15.7. The fraction of sp³-hybridized carbons (Fsp3) is 0.538. The Morgan fingerprint density at radius 2 is 1.72 bits per heavy atom. The minimum atomic E-state index is -3.37. The lowest BCUT2D eigenvalue weighted by molar-refractivity contribution is 0.365. The van der Waals surface area contributed by atoms with Crippen LogP contribution in [0.1, 0.15) is 33.6 Å². The molecule has 0 fully saturated rings. The van der Waals surface area contributed by atoms with E-state index in [9.17, 15) is 8.42 Å². The molecule has 0 amide bonds. The molecular weight excluding hydrogens is 314 g/mol. The summed E-state index contributed by atoms with van der Waals surface area (Å²) in [5.41, 5.74) is 0.239. The van der Waals surface area contributed by atoms with E-state index >= 15 is 0 Å². The van der Waals surface area contributed by atoms with Gasteiger partial charge >= 0.3 is 0 Å². The van der Waals surface area contributed by atoms with E-state index in [1.165, 1.54) is 0 Å². The lowest BCUT2D eigenvalue weighted by atomic mass is 9.91. The fourth-order valence-corrected chi connectivity index (χ4v) is 2.86. The largest absolute Gasteiger partial charge is 0.240 e. The van der Waals surface area contributed by atoms with Crippen LogP contribution in [0.5, 0.6) is 0 Å². The van der Waals surface area contributed by atoms with Crippen LogP contribution in [0.2, 0.25) is 0 Å². The summed E-state index contributed by atoms with van der Waals surface area (Å²) in [6.45, 7) is 6.93. The first-order valence-corrected chi connectivity index (χ1v) is 8.24. The number of halogens is 1. The molecule has 0 atom stereocenters. The summed E-state index contributed by atoms with van der Waals surface area (Å²) in [7, 11) is -3.37. The van der Waals surface area contributed by atoms with Crippen LogP contribution in [0, 0.1) is 5.41 Å². The molecule has 0 aliphatic rings. The summed E-state index contributed by atoms with van der Waals surface area (Å²) in [5, 5.41) is 0. The number of rotatable bonds is 5. The average molecular weight is 334 g/mol. The van der Waals surface area contributed by atoms with Crippen LogP contribution in [0.3, 0.4) is 0 Å². The van der Waals surface area contributed by atoms with Gasteiger partial charge in [-0.3, -0.25) is 0 Å². The van der Waals surface area contributed by atoms with Crippen LogP contribution in [0.15, 0.2) is 33.6 Å². The van der Waals surface area contributed by atoms with Crippen molar-refractivity contribution >= 4 is 26.0 Å². The Bertz CT molecular complexity index is 475. The normalized spacial score (nSPS) is 12.7. The second kappa shape index (κ2) is 6.17. The van der Waals surface area contributed by atoms with Gasteiger partial charge in [0.15, 0.2) is 0 Å². The maximum Gasteiger partial charge on any atom is 0.240 e. The zero-order chi connectivity index (χ0) is 13.8. The molecule has 102 valence electrons. The van der Waals surface area contributed by atoms with E-state index in [-0.39, 0.29) is 5.41 Å². The van der Waals surface area contributed by atoms with Gasteiger partial charge in [-0.05, 0) is 42.5 Å². The lowest BCUT2D eigenvalue weighted by Crippen LogP contribution is -2.25. The van der Waals surface area contributed by atoms with E-state index in [0.29, 0.717) is 11.4 Å². The molecule has 0 aliphatic carbocycles. The minimum Gasteiger partial charge on any atom is -0.211 e. The summed E-state index contributed by atoms with van der Waals surface area (Å²) in [5.74, 6) is 0. The van der Waals surface area contributed by atoms with E-state index < -0.39 is 10.0 Å². The molecule has 5 heteroatoms. The molecule has 0 unspecified atom stereocenters. The Labute approximate surface area is 118 Å². The Kier molecular flexibility index (Phi) is 5.37. The fourth-order valence-electron chi connectivity index (χ4n) is 1.52. The van der Waals surface area contributed by atoms with E-state index in [1.807, 2.05) is 0 Å². The van der Waals surface area contributed by atoms with Crippen LogP contribution in [-0.4, -0.2) is 15.0 Å². The minimum absolute atomic E-state index is 0.239. The van der Waals surface area contributed by atoms with Crippen molar-refractivity contribution in [2.24, 2.45) is 5.41 Å². The standard InChI is InChI=1S/C13H20BrNO2S/c1-13(2,3)9-4-10-15-18(16,17)12-7-5-11(14)6-8-12/h5-8,15H,4,9-10H2,1-3H3. The van der Waals surface area contributed by atoms with Gasteiger partial charge in [0.25, 0.3) is 0 Å². The van der Waals surface area contributed by atoms with E-state index in [0.717, 1.165) is 17.3 Å². The zero-order valence-corrected chi connectivity index (χ0v) is 13.4. The highest BCUT2D eigenvalue weighted by Gasteiger charge is 2.14. The van der Waals surface area contributed by atoms with E-state index in [1.54, 1.807) is 24.3 Å². The molecule has 18 heavy (non-hydrogen) atoms. The molecule has 0 spiro atoms. The van der Waals surface area contributed by atoms with Crippen molar-refractivity contribution in [3.8, 4) is 0 Å². The Morgan fingerprint density at radius 3 is 2.22 bits per heavy atom. The number of nitrogens with one attached hydrogen (secondary N) is 1. The SMILES string of the molecule is CC(C)(C)CCCNS(=O)(=O)c1ccc(Br)cc1. The van der Waals surface area contributed by atoms with Gasteiger partial charge < -0.3 is 0 Å².